The minimum atomic E-state index is -0.479. The van der Waals surface area contributed by atoms with Gasteiger partial charge < -0.3 is 10.5 Å². The fourth-order valence-electron chi connectivity index (χ4n) is 1.93. The highest BCUT2D eigenvalue weighted by Crippen LogP contribution is 2.34. The Morgan fingerprint density at radius 3 is 2.67 bits per heavy atom. The number of aromatic nitrogens is 1. The predicted octanol–water partition coefficient (Wildman–Crippen LogP) is 2.16. The van der Waals surface area contributed by atoms with Crippen molar-refractivity contribution < 1.29 is 9.53 Å². The molecule has 2 aromatic rings. The molecule has 18 heavy (non-hydrogen) atoms. The lowest BCUT2D eigenvalue weighted by Gasteiger charge is -2.13. The SMILES string of the molecule is COc1cccc(C(N)=O)c1-c1cccnc1C. The topological polar surface area (TPSA) is 65.2 Å². The normalized spacial score (nSPS) is 10.1. The highest BCUT2D eigenvalue weighted by Gasteiger charge is 2.16. The number of carbonyl (C=O) groups excluding carboxylic acids is 1. The lowest BCUT2D eigenvalue weighted by molar-refractivity contribution is 0.100. The fourth-order valence-corrected chi connectivity index (χ4v) is 1.93. The third-order valence-corrected chi connectivity index (χ3v) is 2.79. The lowest BCUT2D eigenvalue weighted by Crippen LogP contribution is -2.13. The van der Waals surface area contributed by atoms with Crippen LogP contribution in [0.3, 0.4) is 0 Å². The molecule has 0 saturated heterocycles. The van der Waals surface area contributed by atoms with Crippen LogP contribution in [0.1, 0.15) is 16.1 Å². The van der Waals surface area contributed by atoms with E-state index in [2.05, 4.69) is 4.98 Å². The number of ether oxygens (including phenoxy) is 1. The Balaban J connectivity index is 2.76. The number of amides is 1. The molecule has 1 heterocycles. The number of methoxy groups -OCH3 is 1. The summed E-state index contributed by atoms with van der Waals surface area (Å²) in [6, 6.07) is 8.95. The summed E-state index contributed by atoms with van der Waals surface area (Å²) in [6.45, 7) is 1.88. The monoisotopic (exact) mass is 242 g/mol. The average Bonchev–Trinajstić information content (AvgIpc) is 2.38. The van der Waals surface area contributed by atoms with Gasteiger partial charge in [-0.15, -0.1) is 0 Å². The minimum absolute atomic E-state index is 0.436. The summed E-state index contributed by atoms with van der Waals surface area (Å²) in [5.41, 5.74) is 8.21. The second kappa shape index (κ2) is 4.87. The summed E-state index contributed by atoms with van der Waals surface area (Å²) in [6.07, 6.45) is 1.71. The van der Waals surface area contributed by atoms with Gasteiger partial charge in [-0.25, -0.2) is 0 Å². The van der Waals surface area contributed by atoms with Crippen LogP contribution in [0.2, 0.25) is 0 Å². The van der Waals surface area contributed by atoms with Gasteiger partial charge in [-0.1, -0.05) is 12.1 Å². The Bertz CT molecular complexity index is 594. The molecule has 4 heteroatoms. The van der Waals surface area contributed by atoms with Gasteiger partial charge in [0.05, 0.1) is 12.7 Å². The van der Waals surface area contributed by atoms with E-state index in [-0.39, 0.29) is 0 Å². The molecule has 1 amide bonds. The Hall–Kier alpha value is -2.36. The third kappa shape index (κ3) is 2.05. The van der Waals surface area contributed by atoms with Crippen LogP contribution in [0.5, 0.6) is 5.75 Å². The van der Waals surface area contributed by atoms with Gasteiger partial charge in [0.15, 0.2) is 0 Å². The average molecular weight is 242 g/mol. The molecule has 0 atom stereocenters. The summed E-state index contributed by atoms with van der Waals surface area (Å²) in [4.78, 5) is 15.7. The number of pyridine rings is 1. The molecule has 0 bridgehead atoms. The molecule has 0 radical (unpaired) electrons. The van der Waals surface area contributed by atoms with E-state index in [1.807, 2.05) is 19.1 Å². The highest BCUT2D eigenvalue weighted by molar-refractivity contribution is 6.01. The molecule has 92 valence electrons. The van der Waals surface area contributed by atoms with Crippen LogP contribution < -0.4 is 10.5 Å². The van der Waals surface area contributed by atoms with E-state index in [1.54, 1.807) is 31.5 Å². The Kier molecular flexibility index (Phi) is 3.28. The van der Waals surface area contributed by atoms with Crippen molar-refractivity contribution in [1.82, 2.24) is 4.98 Å². The van der Waals surface area contributed by atoms with E-state index < -0.39 is 5.91 Å². The second-order valence-electron chi connectivity index (χ2n) is 3.88. The largest absolute Gasteiger partial charge is 0.496 e. The van der Waals surface area contributed by atoms with Crippen LogP contribution in [0, 0.1) is 6.92 Å². The Labute approximate surface area is 105 Å². The summed E-state index contributed by atoms with van der Waals surface area (Å²) in [7, 11) is 1.56. The first-order valence-electron chi connectivity index (χ1n) is 5.54. The van der Waals surface area contributed by atoms with Crippen LogP contribution in [-0.2, 0) is 0 Å². The number of rotatable bonds is 3. The molecule has 0 unspecified atom stereocenters. The molecule has 0 fully saturated rings. The van der Waals surface area contributed by atoms with Crippen molar-refractivity contribution in [3.63, 3.8) is 0 Å². The summed E-state index contributed by atoms with van der Waals surface area (Å²) in [5, 5.41) is 0. The van der Waals surface area contributed by atoms with Crippen molar-refractivity contribution in [2.45, 2.75) is 6.92 Å². The van der Waals surface area contributed by atoms with E-state index in [1.165, 1.54) is 0 Å². The lowest BCUT2D eigenvalue weighted by atomic mass is 9.97. The van der Waals surface area contributed by atoms with Crippen molar-refractivity contribution in [3.8, 4) is 16.9 Å². The number of hydrogen-bond donors (Lipinski definition) is 1. The van der Waals surface area contributed by atoms with Crippen LogP contribution in [0.4, 0.5) is 0 Å². The summed E-state index contributed by atoms with van der Waals surface area (Å²) < 4.78 is 5.31. The number of benzene rings is 1. The summed E-state index contributed by atoms with van der Waals surface area (Å²) in [5.74, 6) is 0.134. The Morgan fingerprint density at radius 1 is 1.28 bits per heavy atom. The van der Waals surface area contributed by atoms with E-state index >= 15 is 0 Å². The van der Waals surface area contributed by atoms with Gasteiger partial charge in [-0.3, -0.25) is 9.78 Å². The quantitative estimate of drug-likeness (QED) is 0.897. The van der Waals surface area contributed by atoms with Gasteiger partial charge in [-0.2, -0.15) is 0 Å². The minimum Gasteiger partial charge on any atom is -0.496 e. The van der Waals surface area contributed by atoms with Gasteiger partial charge in [0.1, 0.15) is 5.75 Å². The van der Waals surface area contributed by atoms with Crippen LogP contribution in [0.25, 0.3) is 11.1 Å². The van der Waals surface area contributed by atoms with Gasteiger partial charge >= 0.3 is 0 Å². The first-order chi connectivity index (χ1) is 8.65. The molecule has 4 nitrogen and oxygen atoms in total. The smallest absolute Gasteiger partial charge is 0.249 e. The predicted molar refractivity (Wildman–Crippen MR) is 69.5 cm³/mol. The number of nitrogens with zero attached hydrogens (tertiary/aromatic N) is 1. The van der Waals surface area contributed by atoms with E-state index in [0.717, 1.165) is 11.3 Å². The molecule has 2 N–H and O–H groups in total. The van der Waals surface area contributed by atoms with E-state index in [9.17, 15) is 4.79 Å². The number of aryl methyl sites for hydroxylation is 1. The maximum absolute atomic E-state index is 11.5. The van der Waals surface area contributed by atoms with Crippen molar-refractivity contribution in [2.75, 3.05) is 7.11 Å². The number of carbonyl (C=O) groups is 1. The number of primary amides is 1. The van der Waals surface area contributed by atoms with Crippen LogP contribution in [-0.4, -0.2) is 18.0 Å². The molecule has 0 aliphatic rings. The molecule has 0 saturated carbocycles. The van der Waals surface area contributed by atoms with Crippen molar-refractivity contribution in [2.24, 2.45) is 5.73 Å². The van der Waals surface area contributed by atoms with Crippen LogP contribution in [0.15, 0.2) is 36.5 Å². The first kappa shape index (κ1) is 12.1. The third-order valence-electron chi connectivity index (χ3n) is 2.79. The maximum atomic E-state index is 11.5. The molecular weight excluding hydrogens is 228 g/mol. The van der Waals surface area contributed by atoms with Crippen molar-refractivity contribution >= 4 is 5.91 Å². The van der Waals surface area contributed by atoms with Gasteiger partial charge in [0, 0.05) is 23.0 Å². The molecular formula is C14H14N2O2. The van der Waals surface area contributed by atoms with Crippen LogP contribution >= 0.6 is 0 Å². The van der Waals surface area contributed by atoms with E-state index in [0.29, 0.717) is 16.9 Å². The number of hydrogen-bond acceptors (Lipinski definition) is 3. The maximum Gasteiger partial charge on any atom is 0.249 e. The Morgan fingerprint density at radius 2 is 2.06 bits per heavy atom. The molecule has 0 aliphatic heterocycles. The van der Waals surface area contributed by atoms with E-state index in [4.69, 9.17) is 10.5 Å². The zero-order valence-corrected chi connectivity index (χ0v) is 10.3. The van der Waals surface area contributed by atoms with Crippen molar-refractivity contribution in [1.29, 1.82) is 0 Å². The molecule has 1 aromatic heterocycles. The number of nitrogens with two attached hydrogens (primary N) is 1. The molecule has 0 aliphatic carbocycles. The van der Waals surface area contributed by atoms with Gasteiger partial charge in [-0.05, 0) is 25.1 Å². The standard InChI is InChI=1S/C14H14N2O2/c1-9-10(6-4-8-16-9)13-11(14(15)17)5-3-7-12(13)18-2/h3-8H,1-2H3,(H2,15,17). The zero-order valence-electron chi connectivity index (χ0n) is 10.3. The molecule has 0 spiro atoms. The molecule has 2 rings (SSSR count). The first-order valence-corrected chi connectivity index (χ1v) is 5.54. The fraction of sp³-hybridized carbons (Fsp3) is 0.143. The highest BCUT2D eigenvalue weighted by atomic mass is 16.5. The zero-order chi connectivity index (χ0) is 13.1. The van der Waals surface area contributed by atoms with Gasteiger partial charge in [0.25, 0.3) is 0 Å². The second-order valence-corrected chi connectivity index (χ2v) is 3.88. The van der Waals surface area contributed by atoms with Gasteiger partial charge in [0.2, 0.25) is 5.91 Å². The molecule has 1 aromatic carbocycles. The van der Waals surface area contributed by atoms with Crippen molar-refractivity contribution in [3.05, 3.63) is 47.8 Å². The summed E-state index contributed by atoms with van der Waals surface area (Å²) >= 11 is 0.